The van der Waals surface area contributed by atoms with Crippen LogP contribution in [0.1, 0.15) is 23.6 Å². The number of urea groups is 1. The molecule has 35 heavy (non-hydrogen) atoms. The normalized spacial score (nSPS) is 14.9. The van der Waals surface area contributed by atoms with E-state index in [2.05, 4.69) is 5.32 Å². The van der Waals surface area contributed by atoms with E-state index in [1.807, 2.05) is 0 Å². The number of hydrogen-bond donors (Lipinski definition) is 1. The Bertz CT molecular complexity index is 1360. The van der Waals surface area contributed by atoms with E-state index in [-0.39, 0.29) is 28.5 Å². The Morgan fingerprint density at radius 1 is 1.03 bits per heavy atom. The lowest BCUT2D eigenvalue weighted by Crippen LogP contribution is -2.54. The second-order valence-electron chi connectivity index (χ2n) is 7.61. The zero-order valence-corrected chi connectivity index (χ0v) is 20.0. The molecule has 0 aromatic heterocycles. The van der Waals surface area contributed by atoms with Crippen molar-refractivity contribution in [2.45, 2.75) is 13.3 Å². The summed E-state index contributed by atoms with van der Waals surface area (Å²) < 4.78 is 19.9. The lowest BCUT2D eigenvalue weighted by Gasteiger charge is -2.26. The number of anilines is 1. The molecule has 1 heterocycles. The molecule has 6 nitrogen and oxygen atoms in total. The van der Waals surface area contributed by atoms with Gasteiger partial charge in [-0.25, -0.2) is 14.1 Å². The standard InChI is InChI=1S/C26H19Cl2FN2O4/c1-2-35-23-13-15(12-21(28)19(23)14-16-5-3-4-6-22(16)29)11-20-24(32)30-26(34)31(25(20)33)18-9-7-17(27)8-10-18/h3-13H,2,14H2,1H3,(H,30,32,34)/b20-11+. The maximum atomic E-state index is 14.2. The van der Waals surface area contributed by atoms with Crippen LogP contribution in [0.3, 0.4) is 0 Å². The van der Waals surface area contributed by atoms with Crippen LogP contribution in [0.15, 0.2) is 66.2 Å². The molecule has 0 aliphatic carbocycles. The molecule has 0 radical (unpaired) electrons. The summed E-state index contributed by atoms with van der Waals surface area (Å²) in [6.45, 7) is 2.11. The van der Waals surface area contributed by atoms with Crippen LogP contribution in [-0.4, -0.2) is 24.5 Å². The Balaban J connectivity index is 1.72. The maximum Gasteiger partial charge on any atom is 0.335 e. The molecule has 4 amide bonds. The third-order valence-corrected chi connectivity index (χ3v) is 5.89. The van der Waals surface area contributed by atoms with Gasteiger partial charge in [-0.15, -0.1) is 0 Å². The molecular weight excluding hydrogens is 494 g/mol. The molecule has 1 aliphatic heterocycles. The van der Waals surface area contributed by atoms with Gasteiger partial charge in [0.1, 0.15) is 17.1 Å². The van der Waals surface area contributed by atoms with E-state index >= 15 is 0 Å². The Kier molecular flexibility index (Phi) is 7.19. The van der Waals surface area contributed by atoms with Gasteiger partial charge in [-0.3, -0.25) is 14.9 Å². The van der Waals surface area contributed by atoms with Crippen LogP contribution in [0.2, 0.25) is 10.0 Å². The predicted octanol–water partition coefficient (Wildman–Crippen LogP) is 5.79. The largest absolute Gasteiger partial charge is 0.494 e. The summed E-state index contributed by atoms with van der Waals surface area (Å²) in [4.78, 5) is 38.9. The molecule has 1 saturated heterocycles. The van der Waals surface area contributed by atoms with Crippen LogP contribution >= 0.6 is 23.2 Å². The zero-order chi connectivity index (χ0) is 25.1. The van der Waals surface area contributed by atoms with Gasteiger partial charge in [0.2, 0.25) is 0 Å². The van der Waals surface area contributed by atoms with Gasteiger partial charge in [-0.2, -0.15) is 0 Å². The number of carbonyl (C=O) groups is 3. The van der Waals surface area contributed by atoms with E-state index < -0.39 is 17.8 Å². The van der Waals surface area contributed by atoms with Crippen molar-refractivity contribution >= 4 is 52.8 Å². The monoisotopic (exact) mass is 512 g/mol. The van der Waals surface area contributed by atoms with Crippen LogP contribution in [0.5, 0.6) is 5.75 Å². The fourth-order valence-corrected chi connectivity index (χ4v) is 4.06. The molecule has 0 spiro atoms. The van der Waals surface area contributed by atoms with Crippen molar-refractivity contribution in [3.63, 3.8) is 0 Å². The van der Waals surface area contributed by atoms with Crippen molar-refractivity contribution in [1.82, 2.24) is 5.32 Å². The number of ether oxygens (including phenoxy) is 1. The predicted molar refractivity (Wildman–Crippen MR) is 132 cm³/mol. The summed E-state index contributed by atoms with van der Waals surface area (Å²) in [5, 5.41) is 2.88. The molecule has 178 valence electrons. The van der Waals surface area contributed by atoms with Gasteiger partial charge in [0, 0.05) is 22.0 Å². The molecule has 1 aliphatic rings. The molecule has 1 N–H and O–H groups in total. The van der Waals surface area contributed by atoms with Gasteiger partial charge in [-0.05, 0) is 66.6 Å². The van der Waals surface area contributed by atoms with Crippen molar-refractivity contribution in [3.05, 3.63) is 98.8 Å². The first-order valence-electron chi connectivity index (χ1n) is 10.6. The smallest absolute Gasteiger partial charge is 0.335 e. The zero-order valence-electron chi connectivity index (χ0n) is 18.5. The third-order valence-electron chi connectivity index (χ3n) is 5.30. The summed E-state index contributed by atoms with van der Waals surface area (Å²) in [5.74, 6) is -1.61. The molecule has 0 unspecified atom stereocenters. The van der Waals surface area contributed by atoms with Crippen LogP contribution in [0.4, 0.5) is 14.9 Å². The van der Waals surface area contributed by atoms with Gasteiger partial charge in [0.25, 0.3) is 11.8 Å². The third kappa shape index (κ3) is 5.21. The molecule has 0 bridgehead atoms. The van der Waals surface area contributed by atoms with Crippen molar-refractivity contribution in [3.8, 4) is 5.75 Å². The van der Waals surface area contributed by atoms with E-state index in [4.69, 9.17) is 27.9 Å². The first-order valence-corrected chi connectivity index (χ1v) is 11.4. The van der Waals surface area contributed by atoms with Crippen molar-refractivity contribution < 1.29 is 23.5 Å². The van der Waals surface area contributed by atoms with Crippen LogP contribution in [-0.2, 0) is 16.0 Å². The maximum absolute atomic E-state index is 14.2. The van der Waals surface area contributed by atoms with Gasteiger partial charge in [-0.1, -0.05) is 41.4 Å². The summed E-state index contributed by atoms with van der Waals surface area (Å²) >= 11 is 12.4. The molecule has 3 aromatic carbocycles. The number of benzene rings is 3. The van der Waals surface area contributed by atoms with Crippen molar-refractivity contribution in [2.75, 3.05) is 11.5 Å². The minimum atomic E-state index is -0.868. The number of barbiturate groups is 1. The molecular formula is C26H19Cl2FN2O4. The number of halogens is 3. The first-order chi connectivity index (χ1) is 16.8. The lowest BCUT2D eigenvalue weighted by atomic mass is 10.00. The van der Waals surface area contributed by atoms with Gasteiger partial charge in [0.15, 0.2) is 0 Å². The van der Waals surface area contributed by atoms with E-state index in [1.165, 1.54) is 36.4 Å². The van der Waals surface area contributed by atoms with Gasteiger partial charge >= 0.3 is 6.03 Å². The number of nitrogens with zero attached hydrogens (tertiary/aromatic N) is 1. The summed E-state index contributed by atoms with van der Waals surface area (Å²) in [7, 11) is 0. The average molecular weight is 513 g/mol. The lowest BCUT2D eigenvalue weighted by molar-refractivity contribution is -0.122. The molecule has 1 fully saturated rings. The van der Waals surface area contributed by atoms with Gasteiger partial charge in [0.05, 0.1) is 12.3 Å². The highest BCUT2D eigenvalue weighted by atomic mass is 35.5. The summed E-state index contributed by atoms with van der Waals surface area (Å²) in [6, 6.07) is 14.7. The first kappa shape index (κ1) is 24.4. The van der Waals surface area contributed by atoms with E-state index in [9.17, 15) is 18.8 Å². The molecule has 0 atom stereocenters. The highest BCUT2D eigenvalue weighted by Crippen LogP contribution is 2.33. The number of nitrogens with one attached hydrogen (secondary N) is 1. The topological polar surface area (TPSA) is 75.7 Å². The van der Waals surface area contributed by atoms with Crippen LogP contribution in [0, 0.1) is 5.82 Å². The van der Waals surface area contributed by atoms with E-state index in [1.54, 1.807) is 37.3 Å². The minimum absolute atomic E-state index is 0.190. The molecule has 0 saturated carbocycles. The minimum Gasteiger partial charge on any atom is -0.494 e. The highest BCUT2D eigenvalue weighted by molar-refractivity contribution is 6.39. The molecule has 4 rings (SSSR count). The summed E-state index contributed by atoms with van der Waals surface area (Å²) in [6.07, 6.45) is 1.52. The quantitative estimate of drug-likeness (QED) is 0.335. The number of rotatable bonds is 6. The van der Waals surface area contributed by atoms with Crippen molar-refractivity contribution in [1.29, 1.82) is 0 Å². The Labute approximate surface area is 210 Å². The second kappa shape index (κ2) is 10.3. The Hall–Kier alpha value is -3.68. The van der Waals surface area contributed by atoms with Crippen LogP contribution < -0.4 is 15.0 Å². The number of carbonyl (C=O) groups excluding carboxylic acids is 3. The fourth-order valence-electron chi connectivity index (χ4n) is 3.65. The Morgan fingerprint density at radius 2 is 1.74 bits per heavy atom. The highest BCUT2D eigenvalue weighted by Gasteiger charge is 2.36. The summed E-state index contributed by atoms with van der Waals surface area (Å²) in [5.41, 5.74) is 1.40. The van der Waals surface area contributed by atoms with E-state index in [0.717, 1.165) is 4.90 Å². The average Bonchev–Trinajstić information content (AvgIpc) is 2.81. The SMILES string of the molecule is CCOc1cc(/C=C2\C(=O)NC(=O)N(c3ccc(Cl)cc3)C2=O)cc(Cl)c1Cc1ccccc1F. The van der Waals surface area contributed by atoms with Gasteiger partial charge < -0.3 is 4.74 Å². The molecule has 3 aromatic rings. The number of amides is 4. The second-order valence-corrected chi connectivity index (χ2v) is 8.46. The number of hydrogen-bond acceptors (Lipinski definition) is 4. The fraction of sp³-hybridized carbons (Fsp3) is 0.115. The van der Waals surface area contributed by atoms with Crippen molar-refractivity contribution in [2.24, 2.45) is 0 Å². The number of imide groups is 2. The van der Waals surface area contributed by atoms with E-state index in [0.29, 0.717) is 34.1 Å². The van der Waals surface area contributed by atoms with Crippen LogP contribution in [0.25, 0.3) is 6.08 Å². The molecule has 9 heteroatoms. The Morgan fingerprint density at radius 3 is 2.43 bits per heavy atom.